The molecule has 0 saturated carbocycles. The first-order valence-corrected chi connectivity index (χ1v) is 9.94. The molecule has 2 amide bonds. The van der Waals surface area contributed by atoms with Gasteiger partial charge in [0.25, 0.3) is 0 Å². The van der Waals surface area contributed by atoms with Gasteiger partial charge in [-0.15, -0.1) is 0 Å². The predicted octanol–water partition coefficient (Wildman–Crippen LogP) is 4.11. The summed E-state index contributed by atoms with van der Waals surface area (Å²) in [6.45, 7) is 9.52. The van der Waals surface area contributed by atoms with Crippen LogP contribution < -0.4 is 5.32 Å². The molecule has 148 valence electrons. The van der Waals surface area contributed by atoms with Crippen molar-refractivity contribution in [2.24, 2.45) is 11.3 Å². The average molecular weight is 393 g/mol. The van der Waals surface area contributed by atoms with Crippen molar-refractivity contribution < 1.29 is 9.90 Å². The molecule has 1 atom stereocenters. The van der Waals surface area contributed by atoms with Crippen molar-refractivity contribution in [1.82, 2.24) is 20.4 Å². The lowest BCUT2D eigenvalue weighted by Crippen LogP contribution is -2.48. The number of hydrogen-bond donors (Lipinski definition) is 3. The van der Waals surface area contributed by atoms with Crippen molar-refractivity contribution in [2.75, 3.05) is 13.1 Å². The minimum absolute atomic E-state index is 0.00388. The Morgan fingerprint density at radius 2 is 2.04 bits per heavy atom. The van der Waals surface area contributed by atoms with Gasteiger partial charge in [-0.1, -0.05) is 25.4 Å². The molecule has 0 spiro atoms. The van der Waals surface area contributed by atoms with Crippen LogP contribution in [0, 0.1) is 11.3 Å². The molecule has 7 heteroatoms. The maximum absolute atomic E-state index is 12.2. The Hall–Kier alpha value is -1.79. The van der Waals surface area contributed by atoms with Crippen LogP contribution in [0.5, 0.6) is 0 Å². The first kappa shape index (κ1) is 20.0. The number of urea groups is 1. The highest BCUT2D eigenvalue weighted by Gasteiger charge is 2.40. The zero-order valence-electron chi connectivity index (χ0n) is 16.4. The number of halogens is 1. The summed E-state index contributed by atoms with van der Waals surface area (Å²) in [5.41, 5.74) is 1.25. The molecule has 1 aromatic heterocycles. The van der Waals surface area contributed by atoms with Crippen LogP contribution in [0.25, 0.3) is 10.9 Å². The van der Waals surface area contributed by atoms with E-state index in [-0.39, 0.29) is 17.5 Å². The smallest absolute Gasteiger partial charge is 0.317 e. The highest BCUT2D eigenvalue weighted by Crippen LogP contribution is 2.46. The maximum Gasteiger partial charge on any atom is 0.317 e. The van der Waals surface area contributed by atoms with E-state index in [1.165, 1.54) is 0 Å². The number of aliphatic hydroxyl groups excluding tert-OH is 1. The number of nitrogens with one attached hydrogen (secondary N) is 2. The Kier molecular flexibility index (Phi) is 5.68. The van der Waals surface area contributed by atoms with Crippen molar-refractivity contribution in [3.05, 3.63) is 28.9 Å². The van der Waals surface area contributed by atoms with E-state index in [0.717, 1.165) is 29.3 Å². The van der Waals surface area contributed by atoms with E-state index < -0.39 is 6.10 Å². The number of aliphatic hydroxyl groups is 1. The van der Waals surface area contributed by atoms with Crippen molar-refractivity contribution in [2.45, 2.75) is 52.7 Å². The number of likely N-dealkylation sites (tertiary alicyclic amines) is 1. The molecule has 1 aliphatic heterocycles. The second kappa shape index (κ2) is 7.68. The average Bonchev–Trinajstić information content (AvgIpc) is 3.08. The number of carbonyl (C=O) groups excluding carboxylic acids is 1. The standard InChI is InChI=1S/C20H29ClN4O2/c1-12(2)23-19(27)25-7-5-14(6-8-25)20(3,4)18(26)16-10-15(21)9-13-11-22-24-17(13)16/h9-12,14,18,26H,5-8H2,1-4H3,(H,22,24)(H,23,27). The molecule has 1 unspecified atom stereocenters. The lowest BCUT2D eigenvalue weighted by molar-refractivity contribution is -0.0144. The number of carbonyl (C=O) groups is 1. The quantitative estimate of drug-likeness (QED) is 0.732. The first-order chi connectivity index (χ1) is 12.7. The summed E-state index contributed by atoms with van der Waals surface area (Å²) < 4.78 is 0. The molecular formula is C20H29ClN4O2. The second-order valence-corrected chi connectivity index (χ2v) is 8.86. The number of amides is 2. The molecule has 2 heterocycles. The zero-order valence-corrected chi connectivity index (χ0v) is 17.2. The summed E-state index contributed by atoms with van der Waals surface area (Å²) >= 11 is 6.25. The largest absolute Gasteiger partial charge is 0.388 e. The Morgan fingerprint density at radius 3 is 2.67 bits per heavy atom. The van der Waals surface area contributed by atoms with Crippen LogP contribution in [0.15, 0.2) is 18.3 Å². The highest BCUT2D eigenvalue weighted by atomic mass is 35.5. The van der Waals surface area contributed by atoms with E-state index in [0.29, 0.717) is 24.0 Å². The zero-order chi connectivity index (χ0) is 19.8. The van der Waals surface area contributed by atoms with Crippen LogP contribution in [0.1, 0.15) is 52.2 Å². The topological polar surface area (TPSA) is 81.2 Å². The fraction of sp³-hybridized carbons (Fsp3) is 0.600. The van der Waals surface area contributed by atoms with Crippen LogP contribution >= 0.6 is 11.6 Å². The van der Waals surface area contributed by atoms with Gasteiger partial charge in [-0.25, -0.2) is 4.79 Å². The van der Waals surface area contributed by atoms with E-state index >= 15 is 0 Å². The van der Waals surface area contributed by atoms with Crippen LogP contribution in [-0.4, -0.2) is 45.4 Å². The monoisotopic (exact) mass is 392 g/mol. The number of fused-ring (bicyclic) bond motifs is 1. The Bertz CT molecular complexity index is 809. The maximum atomic E-state index is 12.2. The molecular weight excluding hydrogens is 364 g/mol. The van der Waals surface area contributed by atoms with Crippen LogP contribution in [0.3, 0.4) is 0 Å². The third-order valence-electron chi connectivity index (χ3n) is 5.79. The van der Waals surface area contributed by atoms with E-state index in [1.807, 2.05) is 30.9 Å². The van der Waals surface area contributed by atoms with Gasteiger partial charge in [0.1, 0.15) is 0 Å². The Balaban J connectivity index is 1.74. The number of benzene rings is 1. The normalized spacial score (nSPS) is 17.5. The van der Waals surface area contributed by atoms with E-state index in [1.54, 1.807) is 6.20 Å². The summed E-state index contributed by atoms with van der Waals surface area (Å²) in [4.78, 5) is 14.1. The third-order valence-corrected chi connectivity index (χ3v) is 6.01. The SMILES string of the molecule is CC(C)NC(=O)N1CCC(C(C)(C)C(O)c2cc(Cl)cc3cn[nH]c23)CC1. The minimum atomic E-state index is -0.680. The first-order valence-electron chi connectivity index (χ1n) is 9.56. The van der Waals surface area contributed by atoms with E-state index in [9.17, 15) is 9.90 Å². The van der Waals surface area contributed by atoms with Gasteiger partial charge in [-0.2, -0.15) is 5.10 Å². The molecule has 6 nitrogen and oxygen atoms in total. The molecule has 1 aromatic carbocycles. The van der Waals surface area contributed by atoms with Crippen molar-refractivity contribution in [1.29, 1.82) is 0 Å². The molecule has 3 rings (SSSR count). The van der Waals surface area contributed by atoms with E-state index in [2.05, 4.69) is 29.4 Å². The van der Waals surface area contributed by atoms with Crippen LogP contribution in [0.4, 0.5) is 4.79 Å². The number of piperidine rings is 1. The molecule has 1 fully saturated rings. The fourth-order valence-corrected chi connectivity index (χ4v) is 4.29. The fourth-order valence-electron chi connectivity index (χ4n) is 4.05. The van der Waals surface area contributed by atoms with Gasteiger partial charge in [0.2, 0.25) is 0 Å². The number of aromatic amines is 1. The Morgan fingerprint density at radius 1 is 1.37 bits per heavy atom. The van der Waals surface area contributed by atoms with Crippen molar-refractivity contribution in [3.63, 3.8) is 0 Å². The molecule has 1 aliphatic rings. The van der Waals surface area contributed by atoms with Gasteiger partial charge >= 0.3 is 6.03 Å². The van der Waals surface area contributed by atoms with Crippen LogP contribution in [0.2, 0.25) is 5.02 Å². The van der Waals surface area contributed by atoms with E-state index in [4.69, 9.17) is 11.6 Å². The van der Waals surface area contributed by atoms with Gasteiger partial charge in [0, 0.05) is 35.1 Å². The second-order valence-electron chi connectivity index (χ2n) is 8.42. The lowest BCUT2D eigenvalue weighted by Gasteiger charge is -2.43. The number of nitrogens with zero attached hydrogens (tertiary/aromatic N) is 2. The highest BCUT2D eigenvalue weighted by molar-refractivity contribution is 6.31. The van der Waals surface area contributed by atoms with Gasteiger partial charge in [0.15, 0.2) is 0 Å². The van der Waals surface area contributed by atoms with Crippen LogP contribution in [-0.2, 0) is 0 Å². The summed E-state index contributed by atoms with van der Waals surface area (Å²) in [7, 11) is 0. The van der Waals surface area contributed by atoms with Gasteiger partial charge in [-0.3, -0.25) is 5.10 Å². The van der Waals surface area contributed by atoms with Gasteiger partial charge in [-0.05, 0) is 50.2 Å². The Labute approximate surface area is 165 Å². The molecule has 1 saturated heterocycles. The number of rotatable bonds is 4. The van der Waals surface area contributed by atoms with Gasteiger partial charge in [0.05, 0.1) is 17.8 Å². The molecule has 0 radical (unpaired) electrons. The molecule has 3 N–H and O–H groups in total. The van der Waals surface area contributed by atoms with Crippen molar-refractivity contribution in [3.8, 4) is 0 Å². The number of aromatic nitrogens is 2. The number of H-pyrrole nitrogens is 1. The van der Waals surface area contributed by atoms with Crippen molar-refractivity contribution >= 4 is 28.5 Å². The number of hydrogen-bond acceptors (Lipinski definition) is 3. The predicted molar refractivity (Wildman–Crippen MR) is 108 cm³/mol. The molecule has 0 bridgehead atoms. The summed E-state index contributed by atoms with van der Waals surface area (Å²) in [6, 6.07) is 3.79. The van der Waals surface area contributed by atoms with Gasteiger partial charge < -0.3 is 15.3 Å². The molecule has 0 aliphatic carbocycles. The lowest BCUT2D eigenvalue weighted by atomic mass is 9.68. The summed E-state index contributed by atoms with van der Waals surface area (Å²) in [5.74, 6) is 0.299. The summed E-state index contributed by atoms with van der Waals surface area (Å²) in [5, 5.41) is 22.7. The summed E-state index contributed by atoms with van der Waals surface area (Å²) in [6.07, 6.45) is 2.76. The minimum Gasteiger partial charge on any atom is -0.388 e. The third kappa shape index (κ3) is 4.06. The molecule has 27 heavy (non-hydrogen) atoms. The molecule has 2 aromatic rings.